The number of carbonyl (C=O) groups is 1. The van der Waals surface area contributed by atoms with Gasteiger partial charge in [0.05, 0.1) is 35.2 Å². The minimum Gasteiger partial charge on any atom is -0.465 e. The Morgan fingerprint density at radius 1 is 0.805 bits per heavy atom. The molecular formula is C29H37Cl2N5O5. The number of carboxylic acid groups (broad SMARTS) is 1. The summed E-state index contributed by atoms with van der Waals surface area (Å²) < 4.78 is 6.67. The lowest BCUT2D eigenvalue weighted by Crippen LogP contribution is -2.34. The van der Waals surface area contributed by atoms with E-state index < -0.39 is 6.09 Å². The minimum absolute atomic E-state index is 0.0321. The highest BCUT2D eigenvalue weighted by Crippen LogP contribution is 2.14. The molecular weight excluding hydrogens is 569 g/mol. The largest absolute Gasteiger partial charge is 0.465 e. The quantitative estimate of drug-likeness (QED) is 0.133. The van der Waals surface area contributed by atoms with Crippen LogP contribution in [0.2, 0.25) is 0 Å². The number of benzene rings is 2. The van der Waals surface area contributed by atoms with E-state index in [9.17, 15) is 14.4 Å². The Balaban J connectivity index is 0.000000232. The monoisotopic (exact) mass is 605 g/mol. The zero-order valence-corrected chi connectivity index (χ0v) is 24.7. The summed E-state index contributed by atoms with van der Waals surface area (Å²) in [6.07, 6.45) is 4.45. The molecule has 222 valence electrons. The van der Waals surface area contributed by atoms with Crippen LogP contribution in [-0.2, 0) is 26.2 Å². The molecule has 2 aromatic carbocycles. The summed E-state index contributed by atoms with van der Waals surface area (Å²) in [7, 11) is 0. The van der Waals surface area contributed by atoms with Gasteiger partial charge >= 0.3 is 17.5 Å². The molecule has 12 heteroatoms. The fourth-order valence-electron chi connectivity index (χ4n) is 4.69. The number of imidazole rings is 2. The summed E-state index contributed by atoms with van der Waals surface area (Å²) in [4.78, 5) is 37.3. The van der Waals surface area contributed by atoms with Crippen LogP contribution >= 0.6 is 23.2 Å². The number of nitrogens with zero attached hydrogens (tertiary/aromatic N) is 5. The van der Waals surface area contributed by atoms with Gasteiger partial charge in [-0.1, -0.05) is 36.4 Å². The number of allylic oxidation sites excluding steroid dienone is 2. The normalized spacial score (nSPS) is 11.3. The Bertz CT molecular complexity index is 1570. The highest BCUT2D eigenvalue weighted by atomic mass is 35.5. The SMILES string of the molecule is CCN(CCn1c(=O)n(CC=CCCl)c2ccccc21)C(=O)O.O=c1n(CCO)c2ccccc2n1CCCCCl. The molecule has 0 unspecified atom stereocenters. The summed E-state index contributed by atoms with van der Waals surface area (Å²) in [6, 6.07) is 15.2. The van der Waals surface area contributed by atoms with Gasteiger partial charge in [0.25, 0.3) is 0 Å². The standard InChI is InChI=1S/C16H20ClN3O3.C13H17ClN2O2/c1-2-18(16(22)23)11-12-20-14-8-4-3-7-13(14)19(15(20)21)10-6-5-9-17;14-7-3-4-8-15-11-5-1-2-6-12(11)16(9-10-17)13(15)18/h3-8H,2,9-12H2,1H3,(H,22,23);1-2,5-6,17H,3-4,7-10H2. The van der Waals surface area contributed by atoms with Gasteiger partial charge < -0.3 is 15.1 Å². The molecule has 0 fully saturated rings. The number of fused-ring (bicyclic) bond motifs is 2. The number of aromatic nitrogens is 4. The number of para-hydroxylation sites is 4. The van der Waals surface area contributed by atoms with E-state index in [2.05, 4.69) is 0 Å². The molecule has 0 saturated heterocycles. The average Bonchev–Trinajstić information content (AvgIpc) is 3.40. The van der Waals surface area contributed by atoms with E-state index in [1.807, 2.05) is 54.6 Å². The first kappa shape index (κ1) is 32.0. The van der Waals surface area contributed by atoms with Gasteiger partial charge in [0.15, 0.2) is 0 Å². The molecule has 0 aliphatic rings. The highest BCUT2D eigenvalue weighted by molar-refractivity contribution is 6.18. The molecule has 0 atom stereocenters. The first-order valence-corrected chi connectivity index (χ1v) is 14.7. The Morgan fingerprint density at radius 2 is 1.32 bits per heavy atom. The number of amides is 1. The molecule has 0 aliphatic heterocycles. The predicted octanol–water partition coefficient (Wildman–Crippen LogP) is 4.41. The minimum atomic E-state index is -0.977. The van der Waals surface area contributed by atoms with E-state index in [4.69, 9.17) is 33.4 Å². The van der Waals surface area contributed by atoms with Gasteiger partial charge in [-0.05, 0) is 44.0 Å². The van der Waals surface area contributed by atoms with Crippen molar-refractivity contribution in [1.82, 2.24) is 23.2 Å². The summed E-state index contributed by atoms with van der Waals surface area (Å²) in [5.74, 6) is 1.02. The number of alkyl halides is 2. The van der Waals surface area contributed by atoms with Crippen molar-refractivity contribution >= 4 is 51.4 Å². The number of likely N-dealkylation sites (N-methyl/N-ethyl adjacent to an activating group) is 1. The van der Waals surface area contributed by atoms with Crippen LogP contribution < -0.4 is 11.4 Å². The molecule has 2 N–H and O–H groups in total. The van der Waals surface area contributed by atoms with E-state index in [1.165, 1.54) is 4.90 Å². The second kappa shape index (κ2) is 16.1. The van der Waals surface area contributed by atoms with E-state index in [0.29, 0.717) is 44.5 Å². The van der Waals surface area contributed by atoms with E-state index in [1.54, 1.807) is 31.3 Å². The van der Waals surface area contributed by atoms with Gasteiger partial charge in [0, 0.05) is 44.5 Å². The molecule has 2 heterocycles. The number of unbranched alkanes of at least 4 members (excludes halogenated alkanes) is 1. The first-order chi connectivity index (χ1) is 19.9. The van der Waals surface area contributed by atoms with E-state index >= 15 is 0 Å². The molecule has 0 aliphatic carbocycles. The van der Waals surface area contributed by atoms with Crippen LogP contribution in [0.4, 0.5) is 4.79 Å². The maximum atomic E-state index is 12.6. The molecule has 0 spiro atoms. The Morgan fingerprint density at radius 3 is 1.80 bits per heavy atom. The molecule has 0 bridgehead atoms. The van der Waals surface area contributed by atoms with Crippen molar-refractivity contribution in [2.45, 2.75) is 45.9 Å². The van der Waals surface area contributed by atoms with E-state index in [-0.39, 0.29) is 24.5 Å². The third kappa shape index (κ3) is 7.84. The number of rotatable bonds is 13. The third-order valence-corrected chi connectivity index (χ3v) is 7.17. The van der Waals surface area contributed by atoms with Gasteiger partial charge in [0.1, 0.15) is 0 Å². The molecule has 2 aromatic heterocycles. The summed E-state index contributed by atoms with van der Waals surface area (Å²) >= 11 is 11.3. The molecule has 4 rings (SSSR count). The van der Waals surface area contributed by atoms with Crippen molar-refractivity contribution in [3.8, 4) is 0 Å². The maximum Gasteiger partial charge on any atom is 0.407 e. The van der Waals surface area contributed by atoms with Crippen LogP contribution in [0.1, 0.15) is 19.8 Å². The molecule has 41 heavy (non-hydrogen) atoms. The van der Waals surface area contributed by atoms with Crippen LogP contribution in [0.3, 0.4) is 0 Å². The summed E-state index contributed by atoms with van der Waals surface area (Å²) in [5, 5.41) is 18.1. The lowest BCUT2D eigenvalue weighted by molar-refractivity contribution is 0.146. The van der Waals surface area contributed by atoms with Crippen molar-refractivity contribution in [3.63, 3.8) is 0 Å². The van der Waals surface area contributed by atoms with Crippen molar-refractivity contribution in [3.05, 3.63) is 81.7 Å². The maximum absolute atomic E-state index is 12.6. The Kier molecular flexibility index (Phi) is 12.6. The van der Waals surface area contributed by atoms with Crippen molar-refractivity contribution in [2.24, 2.45) is 0 Å². The van der Waals surface area contributed by atoms with Gasteiger partial charge in [0.2, 0.25) is 0 Å². The van der Waals surface area contributed by atoms with E-state index in [0.717, 1.165) is 34.9 Å². The summed E-state index contributed by atoms with van der Waals surface area (Å²) in [5.41, 5.74) is 3.23. The second-order valence-corrected chi connectivity index (χ2v) is 9.90. The third-order valence-electron chi connectivity index (χ3n) is 6.73. The first-order valence-electron chi connectivity index (χ1n) is 13.6. The Hall–Kier alpha value is -3.47. The smallest absolute Gasteiger partial charge is 0.407 e. The molecule has 10 nitrogen and oxygen atoms in total. The lowest BCUT2D eigenvalue weighted by atomic mass is 10.3. The lowest BCUT2D eigenvalue weighted by Gasteiger charge is -2.16. The van der Waals surface area contributed by atoms with Crippen molar-refractivity contribution in [1.29, 1.82) is 0 Å². The fraction of sp³-hybridized carbons (Fsp3) is 0.414. The highest BCUT2D eigenvalue weighted by Gasteiger charge is 2.15. The van der Waals surface area contributed by atoms with Crippen molar-refractivity contribution in [2.75, 3.05) is 31.5 Å². The van der Waals surface area contributed by atoms with Gasteiger partial charge in [-0.15, -0.1) is 23.2 Å². The number of aliphatic hydroxyl groups is 1. The predicted molar refractivity (Wildman–Crippen MR) is 165 cm³/mol. The molecule has 1 amide bonds. The second-order valence-electron chi connectivity index (χ2n) is 9.22. The number of hydrogen-bond donors (Lipinski definition) is 2. The van der Waals surface area contributed by atoms with Gasteiger partial charge in [-0.25, -0.2) is 14.4 Å². The zero-order chi connectivity index (χ0) is 29.8. The molecule has 4 aromatic rings. The van der Waals surface area contributed by atoms with Gasteiger partial charge in [-0.3, -0.25) is 18.3 Å². The van der Waals surface area contributed by atoms with Crippen LogP contribution in [0.5, 0.6) is 0 Å². The fourth-order valence-corrected chi connectivity index (χ4v) is 5.00. The van der Waals surface area contributed by atoms with Crippen LogP contribution in [0, 0.1) is 0 Å². The average molecular weight is 607 g/mol. The van der Waals surface area contributed by atoms with Crippen LogP contribution in [-0.4, -0.2) is 70.9 Å². The van der Waals surface area contributed by atoms with Crippen LogP contribution in [0.15, 0.2) is 70.3 Å². The molecule has 0 radical (unpaired) electrons. The number of halogens is 2. The topological polar surface area (TPSA) is 115 Å². The zero-order valence-electron chi connectivity index (χ0n) is 23.2. The molecule has 0 saturated carbocycles. The summed E-state index contributed by atoms with van der Waals surface area (Å²) in [6.45, 7) is 4.18. The number of aliphatic hydroxyl groups excluding tert-OH is 1. The number of aryl methyl sites for hydroxylation is 1. The van der Waals surface area contributed by atoms with Gasteiger partial charge in [-0.2, -0.15) is 0 Å². The number of hydrogen-bond acceptors (Lipinski definition) is 4. The van der Waals surface area contributed by atoms with Crippen molar-refractivity contribution < 1.29 is 15.0 Å². The van der Waals surface area contributed by atoms with Crippen LogP contribution in [0.25, 0.3) is 22.1 Å². The Labute approximate surface area is 248 Å².